The van der Waals surface area contributed by atoms with Crippen molar-refractivity contribution in [3.8, 4) is 11.5 Å². The molecule has 192 valence electrons. The first-order valence-electron chi connectivity index (χ1n) is 11.7. The first-order valence-corrected chi connectivity index (χ1v) is 12.6. The molecule has 0 aliphatic carbocycles. The van der Waals surface area contributed by atoms with Crippen molar-refractivity contribution >= 4 is 40.6 Å². The minimum atomic E-state index is -0.599. The second-order valence-corrected chi connectivity index (χ2v) is 11.9. The molecule has 1 atom stereocenters. The summed E-state index contributed by atoms with van der Waals surface area (Å²) in [5, 5.41) is 24.4. The molecule has 8 nitrogen and oxygen atoms in total. The average Bonchev–Trinajstić information content (AvgIpc) is 3.11. The van der Waals surface area contributed by atoms with E-state index >= 15 is 0 Å². The number of nitrogens with one attached hydrogen (secondary N) is 2. The maximum absolute atomic E-state index is 12.4. The van der Waals surface area contributed by atoms with E-state index in [1.54, 1.807) is 37.6 Å². The number of nitrogens with zero attached hydrogens (tertiary/aromatic N) is 2. The van der Waals surface area contributed by atoms with E-state index in [0.29, 0.717) is 22.4 Å². The Hall–Kier alpha value is -3.33. The summed E-state index contributed by atoms with van der Waals surface area (Å²) >= 11 is 1.17. The summed E-state index contributed by atoms with van der Waals surface area (Å²) in [5.41, 5.74) is 2.54. The molecule has 1 fully saturated rings. The Morgan fingerprint density at radius 2 is 1.78 bits per heavy atom. The normalized spacial score (nSPS) is 17.5. The van der Waals surface area contributed by atoms with Gasteiger partial charge in [-0.15, -0.1) is 5.10 Å². The van der Waals surface area contributed by atoms with Gasteiger partial charge in [-0.3, -0.25) is 9.59 Å². The van der Waals surface area contributed by atoms with Crippen molar-refractivity contribution in [2.45, 2.75) is 64.0 Å². The monoisotopic (exact) mass is 510 g/mol. The Kier molecular flexibility index (Phi) is 8.13. The van der Waals surface area contributed by atoms with Gasteiger partial charge in [-0.1, -0.05) is 59.4 Å². The van der Waals surface area contributed by atoms with E-state index < -0.39 is 5.25 Å². The number of carbonyl (C=O) groups is 2. The molecule has 36 heavy (non-hydrogen) atoms. The standard InChI is InChI=1S/C27H34N4O4S/c1-26(2,3)19-11-16(12-20(23(19)33)27(4,5)6)15-28-31-25-30-24(34)21(36-25)14-22(32)29-17-9-8-10-18(13-17)35-7/h8-13,15,21,33H,14H2,1-7H3,(H,29,32)(H,30,31,34)/b28-15-/t21-/m0/s1. The Labute approximate surface area is 216 Å². The number of thioether (sulfide) groups is 1. The molecule has 0 aromatic heterocycles. The highest BCUT2D eigenvalue weighted by molar-refractivity contribution is 8.15. The van der Waals surface area contributed by atoms with Crippen LogP contribution in [0.3, 0.4) is 0 Å². The number of benzene rings is 2. The van der Waals surface area contributed by atoms with Crippen LogP contribution in [0.5, 0.6) is 11.5 Å². The molecular weight excluding hydrogens is 476 g/mol. The Morgan fingerprint density at radius 1 is 1.14 bits per heavy atom. The van der Waals surface area contributed by atoms with Gasteiger partial charge in [0.2, 0.25) is 11.8 Å². The minimum Gasteiger partial charge on any atom is -0.507 e. The molecule has 3 N–H and O–H groups in total. The van der Waals surface area contributed by atoms with Crippen molar-refractivity contribution in [1.29, 1.82) is 0 Å². The summed E-state index contributed by atoms with van der Waals surface area (Å²) in [6, 6.07) is 10.8. The van der Waals surface area contributed by atoms with Gasteiger partial charge in [0, 0.05) is 29.3 Å². The molecule has 1 aliphatic rings. The number of anilines is 1. The summed E-state index contributed by atoms with van der Waals surface area (Å²) in [4.78, 5) is 24.8. The van der Waals surface area contributed by atoms with Crippen LogP contribution >= 0.6 is 11.8 Å². The first-order chi connectivity index (χ1) is 16.8. The van der Waals surface area contributed by atoms with Crippen LogP contribution in [0.2, 0.25) is 0 Å². The van der Waals surface area contributed by atoms with Crippen LogP contribution < -0.4 is 15.4 Å². The second-order valence-electron chi connectivity index (χ2n) is 10.7. The molecule has 0 radical (unpaired) electrons. The average molecular weight is 511 g/mol. The molecule has 1 saturated heterocycles. The van der Waals surface area contributed by atoms with Crippen LogP contribution in [0.4, 0.5) is 5.69 Å². The molecule has 2 aromatic carbocycles. The number of carbonyl (C=O) groups excluding carboxylic acids is 2. The zero-order chi connectivity index (χ0) is 26.7. The molecule has 2 aromatic rings. The van der Waals surface area contributed by atoms with Crippen molar-refractivity contribution in [2.75, 3.05) is 12.4 Å². The number of rotatable bonds is 6. The van der Waals surface area contributed by atoms with Crippen molar-refractivity contribution < 1.29 is 19.4 Å². The maximum Gasteiger partial charge on any atom is 0.240 e. The fraction of sp³-hybridized carbons (Fsp3) is 0.407. The summed E-state index contributed by atoms with van der Waals surface area (Å²) in [7, 11) is 1.55. The number of amides is 2. The third-order valence-electron chi connectivity index (χ3n) is 5.60. The largest absolute Gasteiger partial charge is 0.507 e. The van der Waals surface area contributed by atoms with E-state index in [9.17, 15) is 14.7 Å². The van der Waals surface area contributed by atoms with E-state index in [2.05, 4.69) is 20.8 Å². The summed E-state index contributed by atoms with van der Waals surface area (Å²) in [5.74, 6) is 0.358. The molecule has 3 rings (SSSR count). The van der Waals surface area contributed by atoms with Gasteiger partial charge in [0.1, 0.15) is 16.7 Å². The van der Waals surface area contributed by atoms with E-state index in [-0.39, 0.29) is 29.1 Å². The smallest absolute Gasteiger partial charge is 0.240 e. The molecule has 1 heterocycles. The number of phenolic OH excluding ortho intramolecular Hbond substituents is 1. The van der Waals surface area contributed by atoms with E-state index in [1.165, 1.54) is 11.8 Å². The van der Waals surface area contributed by atoms with Crippen LogP contribution in [0, 0.1) is 0 Å². The molecule has 0 spiro atoms. The van der Waals surface area contributed by atoms with Gasteiger partial charge in [0.25, 0.3) is 0 Å². The van der Waals surface area contributed by atoms with E-state index in [1.807, 2.05) is 53.7 Å². The number of amidine groups is 1. The fourth-order valence-corrected chi connectivity index (χ4v) is 4.61. The number of ether oxygens (including phenoxy) is 1. The topological polar surface area (TPSA) is 112 Å². The lowest BCUT2D eigenvalue weighted by molar-refractivity contribution is -0.122. The Balaban J connectivity index is 1.70. The predicted molar refractivity (Wildman–Crippen MR) is 146 cm³/mol. The highest BCUT2D eigenvalue weighted by Crippen LogP contribution is 2.39. The SMILES string of the molecule is COc1cccc(NC(=O)C[C@@H]2S/C(=N\N=C/c3cc(C(C)(C)C)c(O)c(C(C)(C)C)c3)NC2=O)c1. The summed E-state index contributed by atoms with van der Waals surface area (Å²) < 4.78 is 5.16. The lowest BCUT2D eigenvalue weighted by Gasteiger charge is -2.27. The summed E-state index contributed by atoms with van der Waals surface area (Å²) in [6.45, 7) is 12.3. The quantitative estimate of drug-likeness (QED) is 0.376. The zero-order valence-corrected chi connectivity index (χ0v) is 22.6. The predicted octanol–water partition coefficient (Wildman–Crippen LogP) is 4.95. The number of phenols is 1. The molecule has 0 unspecified atom stereocenters. The number of methoxy groups -OCH3 is 1. The number of hydrogen-bond acceptors (Lipinski definition) is 7. The van der Waals surface area contributed by atoms with Crippen LogP contribution in [0.1, 0.15) is 64.7 Å². The molecule has 0 bridgehead atoms. The van der Waals surface area contributed by atoms with E-state index in [0.717, 1.165) is 16.7 Å². The summed E-state index contributed by atoms with van der Waals surface area (Å²) in [6.07, 6.45) is 1.60. The molecule has 2 amide bonds. The van der Waals surface area contributed by atoms with Crippen LogP contribution in [0.15, 0.2) is 46.6 Å². The van der Waals surface area contributed by atoms with Crippen molar-refractivity contribution in [2.24, 2.45) is 10.2 Å². The lowest BCUT2D eigenvalue weighted by atomic mass is 9.78. The third kappa shape index (κ3) is 6.87. The molecule has 1 aliphatic heterocycles. The molecular formula is C27H34N4O4S. The van der Waals surface area contributed by atoms with Gasteiger partial charge in [0.05, 0.1) is 13.3 Å². The van der Waals surface area contributed by atoms with Gasteiger partial charge in [-0.2, -0.15) is 5.10 Å². The highest BCUT2D eigenvalue weighted by Gasteiger charge is 2.32. The first kappa shape index (κ1) is 27.3. The maximum atomic E-state index is 12.4. The van der Waals surface area contributed by atoms with E-state index in [4.69, 9.17) is 4.74 Å². The fourth-order valence-electron chi connectivity index (χ4n) is 3.69. The third-order valence-corrected chi connectivity index (χ3v) is 6.68. The van der Waals surface area contributed by atoms with Gasteiger partial charge in [0.15, 0.2) is 5.17 Å². The van der Waals surface area contributed by atoms with Gasteiger partial charge >= 0.3 is 0 Å². The van der Waals surface area contributed by atoms with Crippen LogP contribution in [-0.2, 0) is 20.4 Å². The molecule has 0 saturated carbocycles. The number of hydrogen-bond donors (Lipinski definition) is 3. The minimum absolute atomic E-state index is 0.00169. The van der Waals surface area contributed by atoms with Crippen molar-refractivity contribution in [1.82, 2.24) is 5.32 Å². The van der Waals surface area contributed by atoms with Crippen molar-refractivity contribution in [3.05, 3.63) is 53.1 Å². The Bertz CT molecular complexity index is 1170. The zero-order valence-electron chi connectivity index (χ0n) is 21.8. The van der Waals surface area contributed by atoms with Crippen molar-refractivity contribution in [3.63, 3.8) is 0 Å². The molecule has 9 heteroatoms. The second kappa shape index (κ2) is 10.7. The van der Waals surface area contributed by atoms with Crippen LogP contribution in [0.25, 0.3) is 0 Å². The highest BCUT2D eigenvalue weighted by atomic mass is 32.2. The Morgan fingerprint density at radius 3 is 2.36 bits per heavy atom. The van der Waals surface area contributed by atoms with Gasteiger partial charge in [-0.05, 0) is 40.7 Å². The van der Waals surface area contributed by atoms with Gasteiger partial charge in [-0.25, -0.2) is 0 Å². The van der Waals surface area contributed by atoms with Crippen LogP contribution in [-0.4, -0.2) is 40.7 Å². The number of aromatic hydroxyl groups is 1. The van der Waals surface area contributed by atoms with Gasteiger partial charge < -0.3 is 20.5 Å². The lowest BCUT2D eigenvalue weighted by Crippen LogP contribution is -2.28.